The fourth-order valence-corrected chi connectivity index (χ4v) is 33.1. The van der Waals surface area contributed by atoms with Crippen LogP contribution in [0.3, 0.4) is 0 Å². The maximum Gasteiger partial charge on any atom is 0.189 e. The molecule has 6 aromatic heterocycles. The molecule has 0 unspecified atom stereocenters. The zero-order valence-electron chi connectivity index (χ0n) is 77.8. The average Bonchev–Trinajstić information content (AvgIpc) is 1.54. The minimum Gasteiger partial charge on any atom is -0.305 e. The van der Waals surface area contributed by atoms with Crippen LogP contribution in [-0.2, 0) is 70.2 Å². The second-order valence-corrected chi connectivity index (χ2v) is 62.5. The number of aromatic nitrogens is 6. The van der Waals surface area contributed by atoms with Crippen molar-refractivity contribution in [3.63, 3.8) is 0 Å². The van der Waals surface area contributed by atoms with Crippen molar-refractivity contribution in [3.8, 4) is 112 Å². The summed E-state index contributed by atoms with van der Waals surface area (Å²) in [6.07, 6.45) is 16.7. The molecule has 9 heterocycles. The molecular weight excluding hydrogens is 2280 g/mol. The van der Waals surface area contributed by atoms with Gasteiger partial charge in [0, 0.05) is 97.5 Å². The summed E-state index contributed by atoms with van der Waals surface area (Å²) in [7, 11) is -12.2. The quantitative estimate of drug-likeness (QED) is 0.0829. The van der Waals surface area contributed by atoms with Crippen molar-refractivity contribution < 1.29 is 68.7 Å². The van der Waals surface area contributed by atoms with E-state index in [9.17, 15) is 8.42 Å². The Bertz CT molecular complexity index is 6840. The first-order valence-electron chi connectivity index (χ1n) is 45.5. The Hall–Kier alpha value is -11.5. The number of sulfone groups is 1. The second kappa shape index (κ2) is 43.7. The summed E-state index contributed by atoms with van der Waals surface area (Å²) >= 11 is 0. The molecule has 0 spiro atoms. The summed E-state index contributed by atoms with van der Waals surface area (Å²) in [5, 5.41) is 12.9. The predicted molar refractivity (Wildman–Crippen MR) is 562 cm³/mol. The fraction of sp³-hybridized carbons (Fsp3) is 0.136. The number of pyridine rings is 6. The Kier molecular flexibility index (Phi) is 32.2. The monoisotopic (exact) mass is 2390 g/mol. The SMILES string of the molecule is C[Si](C)(C)c1ccc(-c2[c-]cc3c(c2)[Si](c2ccccc2)(c2ccccc2)c2ccccc2-3)nc1.C[Si](C)(C)c1cnc(-c2[c-]cc3c(c2)S(=O)(=O)c2ccccc2-3)cc1C1CCCC1.C[Si](C)(C)c1cnc(-c2[c-]ccc3c2[Si](C)(C)c2ccccc2-3)cc1-c1ccccc1.[Ir].[Ir].[Ir].[c-]1ccccc1-c1ccccn1.[c-]1ccccc1-c1ccccn1.[c-]1ccccc1-c1ccccn1. The molecule has 679 valence electrons. The number of benzene rings is 12. The zero-order valence-corrected chi connectivity index (χ0v) is 90.8. The van der Waals surface area contributed by atoms with Crippen LogP contribution in [0, 0.1) is 36.4 Å². The summed E-state index contributed by atoms with van der Waals surface area (Å²) in [6, 6.07) is 141. The van der Waals surface area contributed by atoms with E-state index in [1.807, 2.05) is 146 Å². The van der Waals surface area contributed by atoms with Crippen molar-refractivity contribution in [1.82, 2.24) is 29.9 Å². The molecule has 22 rings (SSSR count). The minimum absolute atomic E-state index is 0. The predicted octanol–water partition coefficient (Wildman–Crippen LogP) is 23.2. The number of rotatable bonds is 13. The normalized spacial score (nSPS) is 13.4. The van der Waals surface area contributed by atoms with Crippen LogP contribution < -0.4 is 46.7 Å². The summed E-state index contributed by atoms with van der Waals surface area (Å²) in [5.41, 5.74) is 22.9. The summed E-state index contributed by atoms with van der Waals surface area (Å²) in [4.78, 5) is 28.1. The van der Waals surface area contributed by atoms with Crippen LogP contribution in [-0.4, -0.2) is 78.7 Å². The van der Waals surface area contributed by atoms with Crippen LogP contribution in [0.5, 0.6) is 0 Å². The average molecular weight is 2390 g/mol. The molecule has 0 atom stereocenters. The van der Waals surface area contributed by atoms with Crippen LogP contribution in [0.4, 0.5) is 0 Å². The zero-order chi connectivity index (χ0) is 91.6. The van der Waals surface area contributed by atoms with Gasteiger partial charge in [0.15, 0.2) is 17.9 Å². The van der Waals surface area contributed by atoms with E-state index >= 15 is 0 Å². The molecule has 17 heteroatoms. The first-order chi connectivity index (χ1) is 63.9. The van der Waals surface area contributed by atoms with Crippen molar-refractivity contribution in [3.05, 3.63) is 431 Å². The minimum atomic E-state index is -3.49. The molecule has 18 aromatic rings. The first kappa shape index (κ1) is 99.5. The third-order valence-corrected chi connectivity index (χ3v) is 41.6. The van der Waals surface area contributed by atoms with Crippen molar-refractivity contribution in [2.45, 2.75) is 113 Å². The number of fused-ring (bicyclic) bond motifs is 9. The van der Waals surface area contributed by atoms with Gasteiger partial charge in [0.25, 0.3) is 0 Å². The van der Waals surface area contributed by atoms with E-state index in [0.29, 0.717) is 15.7 Å². The summed E-state index contributed by atoms with van der Waals surface area (Å²) in [6.45, 7) is 26.3. The molecular formula is C118H106Ir3N6O2SSi5-6. The van der Waals surface area contributed by atoms with Crippen LogP contribution in [0.15, 0.2) is 399 Å². The van der Waals surface area contributed by atoms with Crippen LogP contribution >= 0.6 is 0 Å². The van der Waals surface area contributed by atoms with Gasteiger partial charge in [-0.3, -0.25) is 0 Å². The maximum absolute atomic E-state index is 13.1. The molecule has 1 saturated carbocycles. The van der Waals surface area contributed by atoms with Gasteiger partial charge in [-0.2, -0.15) is 0 Å². The van der Waals surface area contributed by atoms with Crippen LogP contribution in [0.25, 0.3) is 112 Å². The van der Waals surface area contributed by atoms with Gasteiger partial charge in [-0.25, -0.2) is 8.42 Å². The molecule has 1 aliphatic carbocycles. The van der Waals surface area contributed by atoms with Crippen molar-refractivity contribution in [2.75, 3.05) is 0 Å². The van der Waals surface area contributed by atoms with Crippen molar-refractivity contribution >= 4 is 96.9 Å². The van der Waals surface area contributed by atoms with Crippen molar-refractivity contribution in [2.24, 2.45) is 0 Å². The van der Waals surface area contributed by atoms with Gasteiger partial charge in [-0.05, 0) is 135 Å². The van der Waals surface area contributed by atoms with E-state index in [-0.39, 0.29) is 60.3 Å². The van der Waals surface area contributed by atoms with E-state index in [1.165, 1.54) is 117 Å². The van der Waals surface area contributed by atoms with E-state index in [2.05, 4.69) is 330 Å². The molecule has 8 nitrogen and oxygen atoms in total. The molecule has 0 amide bonds. The van der Waals surface area contributed by atoms with E-state index in [0.717, 1.165) is 73.1 Å². The molecule has 0 bridgehead atoms. The molecule has 0 N–H and O–H groups in total. The maximum atomic E-state index is 13.1. The van der Waals surface area contributed by atoms with Crippen LogP contribution in [0.1, 0.15) is 37.2 Å². The van der Waals surface area contributed by atoms with Gasteiger partial charge in [0.1, 0.15) is 0 Å². The van der Waals surface area contributed by atoms with E-state index in [1.54, 1.807) is 36.8 Å². The Morgan fingerprint density at radius 3 is 1.27 bits per heavy atom. The number of hydrogen-bond donors (Lipinski definition) is 0. The largest absolute Gasteiger partial charge is 0.305 e. The van der Waals surface area contributed by atoms with Gasteiger partial charge in [0.05, 0.1) is 37.2 Å². The smallest absolute Gasteiger partial charge is 0.189 e. The van der Waals surface area contributed by atoms with Gasteiger partial charge in [0.2, 0.25) is 0 Å². The molecule has 4 aliphatic rings. The van der Waals surface area contributed by atoms with Gasteiger partial charge in [-0.1, -0.05) is 336 Å². The third-order valence-electron chi connectivity index (χ3n) is 25.3. The van der Waals surface area contributed by atoms with Crippen LogP contribution in [0.2, 0.25) is 72.0 Å². The molecule has 135 heavy (non-hydrogen) atoms. The Labute approximate surface area is 844 Å². The number of hydrogen-bond acceptors (Lipinski definition) is 8. The van der Waals surface area contributed by atoms with E-state index < -0.39 is 50.2 Å². The Balaban J connectivity index is 0.000000136. The summed E-state index contributed by atoms with van der Waals surface area (Å²) < 4.78 is 26.2. The topological polar surface area (TPSA) is 111 Å². The fourth-order valence-electron chi connectivity index (χ4n) is 18.7. The first-order valence-corrected chi connectivity index (χ1v) is 62.4. The van der Waals surface area contributed by atoms with Gasteiger partial charge < -0.3 is 29.9 Å². The second-order valence-electron chi connectivity index (χ2n) is 37.4. The third kappa shape index (κ3) is 21.7. The Morgan fingerprint density at radius 2 is 0.770 bits per heavy atom. The standard InChI is InChI=1S/C32H28NSi2.C28H28NSi2.C25H26NO2SSi.3C11H8N.3Ir/c1-34(2,3)27-19-21-30(33-23-27)24-18-20-29-28-16-10-11-17-31(28)35(32(29)22-24,25-12-6-4-7-13-25)26-14-8-5-9-15-26;1-30(2,3)27-19-29-25(18-24(27)20-12-7-6-8-13-20)23-16-11-15-22-21-14-9-10-17-26(21)31(4,5)28(22)23;1-30(2,3)25-16-26-22(15-21(25)17-8-4-5-9-17)18-12-13-20-19-10-6-7-11-23(19)29(27,28)24(20)14-18;3*1-2-6-10(7-3-1)11-8-4-5-9-12-11;;;/h4-17,19-23H,1-3H3;6-15,17-19H,1-5H3;6-7,10-11,13-17H,4-5,8-9H2,1-3H3;3*1-6,8-9H;;;/q6*-1;;;. The van der Waals surface area contributed by atoms with Gasteiger partial charge >= 0.3 is 0 Å². The van der Waals surface area contributed by atoms with E-state index in [4.69, 9.17) is 15.0 Å². The molecule has 1 fully saturated rings. The van der Waals surface area contributed by atoms with Gasteiger partial charge in [-0.15, -0.1) is 189 Å². The molecule has 3 aliphatic heterocycles. The molecule has 12 aromatic carbocycles. The molecule has 0 saturated heterocycles. The number of nitrogens with zero attached hydrogens (tertiary/aromatic N) is 6. The van der Waals surface area contributed by atoms with Crippen molar-refractivity contribution in [1.29, 1.82) is 0 Å². The molecule has 3 radical (unpaired) electrons. The Morgan fingerprint density at radius 1 is 0.319 bits per heavy atom. The summed E-state index contributed by atoms with van der Waals surface area (Å²) in [5.74, 6) is 0.593.